The number of aromatic nitrogens is 5. The lowest BCUT2D eigenvalue weighted by atomic mass is 10.3. The Balaban J connectivity index is 2.10. The minimum absolute atomic E-state index is 0.907. The number of rotatable bonds is 4. The van der Waals surface area contributed by atoms with Gasteiger partial charge in [0.25, 0.3) is 0 Å². The van der Waals surface area contributed by atoms with E-state index in [1.165, 1.54) is 0 Å². The van der Waals surface area contributed by atoms with E-state index >= 15 is 0 Å². The van der Waals surface area contributed by atoms with Crippen molar-refractivity contribution in [2.45, 2.75) is 39.3 Å². The summed E-state index contributed by atoms with van der Waals surface area (Å²) in [6.45, 7) is 13.8. The molecule has 0 atom stereocenters. The third-order valence-corrected chi connectivity index (χ3v) is 7.55. The quantitative estimate of drug-likeness (QED) is 0.660. The Morgan fingerprint density at radius 3 is 1.50 bits per heavy atom. The molecule has 24 heavy (non-hydrogen) atoms. The summed E-state index contributed by atoms with van der Waals surface area (Å²) in [5.41, 5.74) is 1.81. The molecular formula is C17H25N5Si2. The molecule has 3 aromatic heterocycles. The second-order valence-corrected chi connectivity index (χ2v) is 17.6. The number of nitrogens with zero attached hydrogens (tertiary/aromatic N) is 5. The summed E-state index contributed by atoms with van der Waals surface area (Å²) in [5, 5.41) is 0. The second-order valence-electron chi connectivity index (χ2n) is 7.99. The van der Waals surface area contributed by atoms with Gasteiger partial charge in [0.1, 0.15) is 11.4 Å². The second kappa shape index (κ2) is 5.82. The molecule has 0 aliphatic carbocycles. The summed E-state index contributed by atoms with van der Waals surface area (Å²) in [5.74, 6) is 1.89. The molecule has 3 heterocycles. The van der Waals surface area contributed by atoms with Crippen molar-refractivity contribution in [3.8, 4) is 23.0 Å². The zero-order valence-corrected chi connectivity index (χ0v) is 17.3. The summed E-state index contributed by atoms with van der Waals surface area (Å²) in [7, 11) is -3.07. The van der Waals surface area contributed by atoms with Crippen molar-refractivity contribution in [3.63, 3.8) is 0 Å². The predicted molar refractivity (Wildman–Crippen MR) is 104 cm³/mol. The number of pyridine rings is 1. The lowest BCUT2D eigenvalue weighted by molar-refractivity contribution is 1.08. The minimum atomic E-state index is -1.53. The molecule has 126 valence electrons. The van der Waals surface area contributed by atoms with Crippen LogP contribution < -0.4 is 0 Å². The van der Waals surface area contributed by atoms with Crippen LogP contribution in [0, 0.1) is 0 Å². The summed E-state index contributed by atoms with van der Waals surface area (Å²) in [6, 6.07) is 6.11. The maximum atomic E-state index is 4.88. The molecule has 3 aromatic rings. The van der Waals surface area contributed by atoms with Crippen LogP contribution in [0.2, 0.25) is 39.3 Å². The Morgan fingerprint density at radius 1 is 0.708 bits per heavy atom. The first-order valence-corrected chi connectivity index (χ1v) is 15.1. The standard InChI is InChI=1S/C17H25N5Si2/c1-23(2,3)21-12-10-18-16(21)14-8-7-9-15(20-14)17-19-11-13-22(17)24(4,5)6/h7-13H,1-6H3. The van der Waals surface area contributed by atoms with Gasteiger partial charge in [0.05, 0.1) is 0 Å². The normalized spacial score (nSPS) is 12.6. The summed E-state index contributed by atoms with van der Waals surface area (Å²) >= 11 is 0. The number of hydrogen-bond acceptors (Lipinski definition) is 3. The fraction of sp³-hybridized carbons (Fsp3) is 0.353. The number of imidazole rings is 2. The predicted octanol–water partition coefficient (Wildman–Crippen LogP) is 4.17. The Morgan fingerprint density at radius 2 is 1.12 bits per heavy atom. The highest BCUT2D eigenvalue weighted by Crippen LogP contribution is 2.24. The van der Waals surface area contributed by atoms with E-state index in [1.807, 2.05) is 30.6 Å². The van der Waals surface area contributed by atoms with Crippen molar-refractivity contribution in [1.82, 2.24) is 23.4 Å². The van der Waals surface area contributed by atoms with Gasteiger partial charge in [-0.25, -0.2) is 15.0 Å². The average Bonchev–Trinajstić information content (AvgIpc) is 3.15. The first kappa shape index (κ1) is 16.8. The molecule has 0 fully saturated rings. The molecule has 0 aliphatic heterocycles. The van der Waals surface area contributed by atoms with Gasteiger partial charge in [-0.3, -0.25) is 0 Å². The smallest absolute Gasteiger partial charge is 0.154 e. The molecule has 0 N–H and O–H groups in total. The van der Waals surface area contributed by atoms with Gasteiger partial charge >= 0.3 is 0 Å². The van der Waals surface area contributed by atoms with Gasteiger partial charge < -0.3 is 8.47 Å². The van der Waals surface area contributed by atoms with Gasteiger partial charge in [-0.15, -0.1) is 0 Å². The molecule has 0 bridgehead atoms. The van der Waals surface area contributed by atoms with Gasteiger partial charge in [0, 0.05) is 24.8 Å². The van der Waals surface area contributed by atoms with Gasteiger partial charge in [0.15, 0.2) is 28.1 Å². The SMILES string of the molecule is C[Si](C)(C)n1ccnc1-c1cccc(-c2nccn2[Si](C)(C)C)n1. The molecule has 3 rings (SSSR count). The molecular weight excluding hydrogens is 330 g/mol. The van der Waals surface area contributed by atoms with E-state index in [0.29, 0.717) is 0 Å². The maximum absolute atomic E-state index is 4.88. The molecule has 5 nitrogen and oxygen atoms in total. The minimum Gasteiger partial charge on any atom is -0.357 e. The fourth-order valence-electron chi connectivity index (χ4n) is 2.75. The topological polar surface area (TPSA) is 48.5 Å². The zero-order valence-electron chi connectivity index (χ0n) is 15.3. The summed E-state index contributed by atoms with van der Waals surface area (Å²) in [6.07, 6.45) is 7.87. The highest BCUT2D eigenvalue weighted by molar-refractivity contribution is 6.75. The molecule has 0 saturated carbocycles. The Bertz CT molecular complexity index is 785. The molecule has 0 saturated heterocycles. The molecule has 0 radical (unpaired) electrons. The molecule has 0 amide bonds. The van der Waals surface area contributed by atoms with E-state index in [9.17, 15) is 0 Å². The van der Waals surface area contributed by atoms with E-state index in [2.05, 4.69) is 70.1 Å². The molecule has 0 spiro atoms. The van der Waals surface area contributed by atoms with Crippen molar-refractivity contribution in [1.29, 1.82) is 0 Å². The third kappa shape index (κ3) is 3.14. The Hall–Kier alpha value is -2.00. The molecule has 0 aromatic carbocycles. The largest absolute Gasteiger partial charge is 0.357 e. The van der Waals surface area contributed by atoms with Gasteiger partial charge in [-0.2, -0.15) is 0 Å². The van der Waals surface area contributed by atoms with Crippen LogP contribution in [0.3, 0.4) is 0 Å². The zero-order chi connectivity index (χ0) is 17.5. The third-order valence-electron chi connectivity index (χ3n) is 3.93. The maximum Gasteiger partial charge on any atom is 0.154 e. The Kier molecular flexibility index (Phi) is 4.08. The molecule has 7 heteroatoms. The van der Waals surface area contributed by atoms with Crippen molar-refractivity contribution >= 4 is 16.5 Å². The average molecular weight is 356 g/mol. The highest BCUT2D eigenvalue weighted by atomic mass is 28.3. The van der Waals surface area contributed by atoms with Crippen molar-refractivity contribution in [3.05, 3.63) is 43.0 Å². The number of hydrogen-bond donors (Lipinski definition) is 0. The lowest BCUT2D eigenvalue weighted by Gasteiger charge is -2.22. The first-order chi connectivity index (χ1) is 11.2. The van der Waals surface area contributed by atoms with E-state index in [-0.39, 0.29) is 0 Å². The monoisotopic (exact) mass is 355 g/mol. The van der Waals surface area contributed by atoms with Crippen molar-refractivity contribution in [2.75, 3.05) is 0 Å². The van der Waals surface area contributed by atoms with Crippen LogP contribution in [-0.4, -0.2) is 39.9 Å². The van der Waals surface area contributed by atoms with Crippen molar-refractivity contribution in [2.24, 2.45) is 0 Å². The Labute approximate surface area is 145 Å². The lowest BCUT2D eigenvalue weighted by Crippen LogP contribution is -2.32. The van der Waals surface area contributed by atoms with Crippen LogP contribution in [0.25, 0.3) is 23.0 Å². The summed E-state index contributed by atoms with van der Waals surface area (Å²) in [4.78, 5) is 14.0. The van der Waals surface area contributed by atoms with E-state index in [4.69, 9.17) is 4.98 Å². The van der Waals surface area contributed by atoms with Crippen LogP contribution in [0.5, 0.6) is 0 Å². The molecule has 0 aliphatic rings. The first-order valence-electron chi connectivity index (χ1n) is 8.23. The molecule has 0 unspecified atom stereocenters. The van der Waals surface area contributed by atoms with Gasteiger partial charge in [-0.05, 0) is 12.1 Å². The highest BCUT2D eigenvalue weighted by Gasteiger charge is 2.23. The summed E-state index contributed by atoms with van der Waals surface area (Å²) < 4.78 is 4.59. The van der Waals surface area contributed by atoms with Crippen LogP contribution in [-0.2, 0) is 0 Å². The van der Waals surface area contributed by atoms with E-state index in [1.54, 1.807) is 0 Å². The van der Waals surface area contributed by atoms with Crippen LogP contribution in [0.1, 0.15) is 0 Å². The van der Waals surface area contributed by atoms with Crippen LogP contribution >= 0.6 is 0 Å². The van der Waals surface area contributed by atoms with Crippen molar-refractivity contribution < 1.29 is 0 Å². The fourth-order valence-corrected chi connectivity index (χ4v) is 5.40. The van der Waals surface area contributed by atoms with Crippen LogP contribution in [0.4, 0.5) is 0 Å². The van der Waals surface area contributed by atoms with E-state index < -0.39 is 16.5 Å². The van der Waals surface area contributed by atoms with Gasteiger partial charge in [-0.1, -0.05) is 45.3 Å². The van der Waals surface area contributed by atoms with E-state index in [0.717, 1.165) is 23.0 Å². The van der Waals surface area contributed by atoms with Gasteiger partial charge in [0.2, 0.25) is 0 Å². The van der Waals surface area contributed by atoms with Crippen LogP contribution in [0.15, 0.2) is 43.0 Å².